The minimum absolute atomic E-state index is 0.0645. The van der Waals surface area contributed by atoms with Crippen molar-refractivity contribution in [3.8, 4) is 27.9 Å². The van der Waals surface area contributed by atoms with Crippen LogP contribution >= 0.6 is 0 Å². The van der Waals surface area contributed by atoms with Crippen LogP contribution in [0.25, 0.3) is 71.7 Å². The van der Waals surface area contributed by atoms with Crippen LogP contribution in [0.4, 0.5) is 0 Å². The van der Waals surface area contributed by atoms with Gasteiger partial charge >= 0.3 is 0 Å². The highest BCUT2D eigenvalue weighted by Gasteiger charge is 2.35. The highest BCUT2D eigenvalue weighted by atomic mass is 16.3. The lowest BCUT2D eigenvalue weighted by Crippen LogP contribution is -2.37. The average molecular weight is 761 g/mol. The highest BCUT2D eigenvalue weighted by Crippen LogP contribution is 2.50. The number of para-hydroxylation sites is 2. The molecule has 0 saturated carbocycles. The number of hydrogen-bond donors (Lipinski definition) is 1. The summed E-state index contributed by atoms with van der Waals surface area (Å²) < 4.78 is 9.11. The fourth-order valence-electron chi connectivity index (χ4n) is 9.85. The second-order valence-electron chi connectivity index (χ2n) is 16.5. The Balaban J connectivity index is 1.04. The first-order valence-electron chi connectivity index (χ1n) is 20.5. The fourth-order valence-corrected chi connectivity index (χ4v) is 9.85. The number of rotatable bonds is 5. The molecule has 0 amide bonds. The van der Waals surface area contributed by atoms with E-state index >= 15 is 0 Å². The molecule has 12 rings (SSSR count). The molecule has 2 aromatic heterocycles. The van der Waals surface area contributed by atoms with E-state index in [9.17, 15) is 0 Å². The molecule has 0 fully saturated rings. The molecule has 7 aromatic carbocycles. The van der Waals surface area contributed by atoms with E-state index in [1.807, 2.05) is 24.3 Å². The maximum atomic E-state index is 6.71. The summed E-state index contributed by atoms with van der Waals surface area (Å²) in [5.41, 5.74) is 14.8. The van der Waals surface area contributed by atoms with Gasteiger partial charge in [0.15, 0.2) is 5.84 Å². The van der Waals surface area contributed by atoms with Crippen LogP contribution in [0.2, 0.25) is 0 Å². The van der Waals surface area contributed by atoms with E-state index in [-0.39, 0.29) is 11.3 Å². The molecule has 5 heteroatoms. The minimum atomic E-state index is -0.407. The van der Waals surface area contributed by atoms with Gasteiger partial charge in [0.2, 0.25) is 0 Å². The van der Waals surface area contributed by atoms with Crippen LogP contribution in [0, 0.1) is 5.92 Å². The van der Waals surface area contributed by atoms with Crippen LogP contribution in [-0.2, 0) is 5.41 Å². The molecule has 3 aliphatic rings. The molecule has 282 valence electrons. The third-order valence-electron chi connectivity index (χ3n) is 12.8. The summed E-state index contributed by atoms with van der Waals surface area (Å²) in [5.74, 6) is 1.76. The molecule has 0 spiro atoms. The second-order valence-corrected chi connectivity index (χ2v) is 16.5. The van der Waals surface area contributed by atoms with Gasteiger partial charge in [0.25, 0.3) is 0 Å². The van der Waals surface area contributed by atoms with E-state index in [4.69, 9.17) is 14.4 Å². The van der Waals surface area contributed by atoms with Crippen molar-refractivity contribution in [2.24, 2.45) is 15.9 Å². The standard InChI is InChI=1S/C54H40N4O/c1-54(2)44-22-12-9-19-38(44)39-27-25-36(30-45(39)54)35-26-28-47-42(29-35)40-20-10-13-23-46(40)58(47)37-31-43(50-41-21-11-14-24-48(41)59-49(50)32-37)53-56-51(33-15-5-3-6-16-33)55-52(57-53)34-17-7-4-8-18-34/h3-17,19-32,34,53H,18H2,1-2H3,(H,55,56,57). The first kappa shape index (κ1) is 33.9. The largest absolute Gasteiger partial charge is 0.456 e. The molecule has 0 radical (unpaired) electrons. The van der Waals surface area contributed by atoms with Crippen molar-refractivity contribution in [1.29, 1.82) is 0 Å². The zero-order valence-electron chi connectivity index (χ0n) is 32.9. The van der Waals surface area contributed by atoms with Gasteiger partial charge in [-0.3, -0.25) is 0 Å². The maximum absolute atomic E-state index is 6.71. The van der Waals surface area contributed by atoms with Crippen LogP contribution in [0.1, 0.15) is 48.7 Å². The zero-order valence-corrected chi connectivity index (χ0v) is 32.9. The number of aliphatic imine (C=N–C) groups is 2. The lowest BCUT2D eigenvalue weighted by atomic mass is 9.81. The van der Waals surface area contributed by atoms with Crippen molar-refractivity contribution in [2.75, 3.05) is 0 Å². The zero-order chi connectivity index (χ0) is 39.2. The molecule has 0 bridgehead atoms. The van der Waals surface area contributed by atoms with Crippen molar-refractivity contribution in [3.63, 3.8) is 0 Å². The van der Waals surface area contributed by atoms with Gasteiger partial charge in [0.05, 0.1) is 16.7 Å². The monoisotopic (exact) mass is 760 g/mol. The SMILES string of the molecule is CC1(C)c2ccccc2-c2ccc(-c3ccc4c(c3)c3ccccc3n4-c3cc(C4N=C(c5ccccc5)N=C(C5C=CC=CC5)N4)c4c(c3)oc3ccccc34)cc21. The number of benzene rings is 7. The Kier molecular flexibility index (Phi) is 7.40. The molecule has 2 atom stereocenters. The third kappa shape index (κ3) is 5.24. The lowest BCUT2D eigenvalue weighted by Gasteiger charge is -2.28. The van der Waals surface area contributed by atoms with E-state index in [0.29, 0.717) is 0 Å². The van der Waals surface area contributed by atoms with E-state index < -0.39 is 6.17 Å². The second kappa shape index (κ2) is 12.9. The van der Waals surface area contributed by atoms with E-state index in [2.05, 4.69) is 175 Å². The van der Waals surface area contributed by atoms with Gasteiger partial charge in [-0.15, -0.1) is 0 Å². The van der Waals surface area contributed by atoms with Gasteiger partial charge in [-0.25, -0.2) is 9.98 Å². The Hall–Kier alpha value is -7.24. The van der Waals surface area contributed by atoms with Crippen LogP contribution in [0.3, 0.4) is 0 Å². The van der Waals surface area contributed by atoms with E-state index in [1.54, 1.807) is 0 Å². The predicted octanol–water partition coefficient (Wildman–Crippen LogP) is 13.2. The van der Waals surface area contributed by atoms with Crippen LogP contribution in [-0.4, -0.2) is 16.2 Å². The molecule has 1 aliphatic heterocycles. The van der Waals surface area contributed by atoms with Crippen LogP contribution < -0.4 is 5.32 Å². The van der Waals surface area contributed by atoms with Crippen LogP contribution in [0.5, 0.6) is 0 Å². The molecule has 1 N–H and O–H groups in total. The number of fused-ring (bicyclic) bond motifs is 9. The van der Waals surface area contributed by atoms with Gasteiger partial charge in [-0.05, 0) is 76.2 Å². The number of hydrogen-bond acceptors (Lipinski definition) is 4. The smallest absolute Gasteiger partial charge is 0.159 e. The Labute approximate surface area is 342 Å². The van der Waals surface area contributed by atoms with Gasteiger partial charge in [0.1, 0.15) is 23.2 Å². The van der Waals surface area contributed by atoms with Crippen molar-refractivity contribution >= 4 is 55.4 Å². The summed E-state index contributed by atoms with van der Waals surface area (Å²) in [6.45, 7) is 4.69. The maximum Gasteiger partial charge on any atom is 0.159 e. The Morgan fingerprint density at radius 1 is 0.627 bits per heavy atom. The highest BCUT2D eigenvalue weighted by molar-refractivity contribution is 6.13. The summed E-state index contributed by atoms with van der Waals surface area (Å²) in [6, 6.07) is 54.7. The topological polar surface area (TPSA) is 54.8 Å². The Morgan fingerprint density at radius 3 is 2.25 bits per heavy atom. The number of amidine groups is 2. The molecule has 0 saturated heterocycles. The number of furan rings is 1. The van der Waals surface area contributed by atoms with Crippen molar-refractivity contribution < 1.29 is 4.42 Å². The van der Waals surface area contributed by atoms with Crippen LogP contribution in [0.15, 0.2) is 190 Å². The van der Waals surface area contributed by atoms with Crippen molar-refractivity contribution in [2.45, 2.75) is 31.8 Å². The lowest BCUT2D eigenvalue weighted by molar-refractivity contribution is 0.643. The number of aromatic nitrogens is 1. The third-order valence-corrected chi connectivity index (χ3v) is 12.8. The number of nitrogens with zero attached hydrogens (tertiary/aromatic N) is 3. The Bertz CT molecular complexity index is 3320. The minimum Gasteiger partial charge on any atom is -0.456 e. The summed E-state index contributed by atoms with van der Waals surface area (Å²) in [4.78, 5) is 10.5. The normalized spacial score (nSPS) is 17.9. The fraction of sp³-hybridized carbons (Fsp3) is 0.111. The number of nitrogens with one attached hydrogen (secondary N) is 1. The summed E-state index contributed by atoms with van der Waals surface area (Å²) in [5, 5.41) is 8.35. The quantitative estimate of drug-likeness (QED) is 0.190. The Morgan fingerprint density at radius 2 is 1.37 bits per heavy atom. The first-order valence-corrected chi connectivity index (χ1v) is 20.5. The summed E-state index contributed by atoms with van der Waals surface area (Å²) in [6.07, 6.45) is 9.12. The predicted molar refractivity (Wildman–Crippen MR) is 244 cm³/mol. The van der Waals surface area contributed by atoms with Gasteiger partial charge in [-0.2, -0.15) is 0 Å². The molecule has 59 heavy (non-hydrogen) atoms. The first-order chi connectivity index (χ1) is 29.0. The summed E-state index contributed by atoms with van der Waals surface area (Å²) >= 11 is 0. The average Bonchev–Trinajstić information content (AvgIpc) is 3.91. The molecular weight excluding hydrogens is 721 g/mol. The number of allylic oxidation sites excluding steroid dienone is 3. The van der Waals surface area contributed by atoms with Crippen molar-refractivity contribution in [1.82, 2.24) is 9.88 Å². The van der Waals surface area contributed by atoms with E-state index in [1.165, 1.54) is 44.2 Å². The van der Waals surface area contributed by atoms with E-state index in [0.717, 1.165) is 67.9 Å². The van der Waals surface area contributed by atoms with Gasteiger partial charge < -0.3 is 14.3 Å². The van der Waals surface area contributed by atoms with Gasteiger partial charge in [0, 0.05) is 50.1 Å². The molecule has 2 unspecified atom stereocenters. The molecule has 3 heterocycles. The molecule has 9 aromatic rings. The summed E-state index contributed by atoms with van der Waals surface area (Å²) in [7, 11) is 0. The molecular formula is C54H40N4O. The molecule has 2 aliphatic carbocycles. The molecule has 5 nitrogen and oxygen atoms in total. The van der Waals surface area contributed by atoms with Crippen molar-refractivity contribution in [3.05, 3.63) is 198 Å². The van der Waals surface area contributed by atoms with Gasteiger partial charge in [-0.1, -0.05) is 147 Å².